The molecule has 0 saturated carbocycles. The zero-order valence-corrected chi connectivity index (χ0v) is 16.9. The molecular formula is C17H21N5O8S. The first kappa shape index (κ1) is 25.5. The number of nitro benzene ring substituents is 1. The number of rotatable bonds is 13. The van der Waals surface area contributed by atoms with E-state index < -0.39 is 52.9 Å². The van der Waals surface area contributed by atoms with Gasteiger partial charge in [-0.3, -0.25) is 29.3 Å². The van der Waals surface area contributed by atoms with E-state index in [0.29, 0.717) is 6.29 Å². The molecule has 1 aromatic rings. The summed E-state index contributed by atoms with van der Waals surface area (Å²) in [6, 6.07) is 1.45. The van der Waals surface area contributed by atoms with Gasteiger partial charge in [0.2, 0.25) is 17.7 Å². The summed E-state index contributed by atoms with van der Waals surface area (Å²) in [7, 11) is 0. The first-order valence-electron chi connectivity index (χ1n) is 8.76. The largest absolute Gasteiger partial charge is 0.480 e. The molecule has 2 atom stereocenters. The number of nitrogens with zero attached hydrogens (tertiary/aromatic N) is 1. The van der Waals surface area contributed by atoms with Crippen molar-refractivity contribution in [2.75, 3.05) is 12.3 Å². The minimum atomic E-state index is -1.30. The highest BCUT2D eigenvalue weighted by atomic mass is 32.2. The molecule has 0 bridgehead atoms. The van der Waals surface area contributed by atoms with Crippen LogP contribution in [-0.2, 0) is 19.2 Å². The van der Waals surface area contributed by atoms with Crippen LogP contribution < -0.4 is 22.1 Å². The van der Waals surface area contributed by atoms with Crippen molar-refractivity contribution in [3.8, 4) is 0 Å². The number of amides is 3. The van der Waals surface area contributed by atoms with Crippen molar-refractivity contribution >= 4 is 47.4 Å². The topological polar surface area (TPSA) is 225 Å². The number of hydrogen-bond acceptors (Lipinski definition) is 9. The summed E-state index contributed by atoms with van der Waals surface area (Å²) in [6.07, 6.45) is 0.335. The minimum absolute atomic E-state index is 0.0337. The predicted octanol–water partition coefficient (Wildman–Crippen LogP) is -1.22. The number of thioether (sulfide) groups is 1. The Kier molecular flexibility index (Phi) is 10.1. The molecule has 1 rings (SSSR count). The highest BCUT2D eigenvalue weighted by molar-refractivity contribution is 7.99. The standard InChI is InChI=1S/C17H21N5O8S/c18-10(7-23)2-4-14(24)21-11(17(28)20-6-15(25)26)8-31-13-3-1-9(16(19)27)5-12(13)22(29)30/h1,3,5,7,10-11H,2,4,6,8,18H2,(H2,19,27)(H,20,28)(H,21,24)(H,25,26). The smallest absolute Gasteiger partial charge is 0.322 e. The quantitative estimate of drug-likeness (QED) is 0.103. The average molecular weight is 455 g/mol. The van der Waals surface area contributed by atoms with Crippen molar-refractivity contribution < 1.29 is 34.0 Å². The van der Waals surface area contributed by atoms with Crippen LogP contribution in [0.3, 0.4) is 0 Å². The van der Waals surface area contributed by atoms with Gasteiger partial charge in [-0.15, -0.1) is 11.8 Å². The Morgan fingerprint density at radius 1 is 1.29 bits per heavy atom. The highest BCUT2D eigenvalue weighted by Crippen LogP contribution is 2.30. The number of carboxylic acids is 1. The lowest BCUT2D eigenvalue weighted by molar-refractivity contribution is -0.387. The molecule has 31 heavy (non-hydrogen) atoms. The number of aliphatic carboxylic acids is 1. The van der Waals surface area contributed by atoms with Crippen LogP contribution in [-0.4, -0.2) is 64.4 Å². The van der Waals surface area contributed by atoms with Crippen LogP contribution in [0.2, 0.25) is 0 Å². The van der Waals surface area contributed by atoms with Gasteiger partial charge in [0.25, 0.3) is 5.69 Å². The highest BCUT2D eigenvalue weighted by Gasteiger charge is 2.24. The number of nitrogens with two attached hydrogens (primary N) is 2. The number of aldehydes is 1. The van der Waals surface area contributed by atoms with Gasteiger partial charge in [-0.25, -0.2) is 0 Å². The average Bonchev–Trinajstić information content (AvgIpc) is 2.72. The van der Waals surface area contributed by atoms with Crippen molar-refractivity contribution in [2.45, 2.75) is 29.8 Å². The van der Waals surface area contributed by atoms with E-state index >= 15 is 0 Å². The molecule has 14 heteroatoms. The third kappa shape index (κ3) is 8.79. The van der Waals surface area contributed by atoms with Gasteiger partial charge in [0.05, 0.1) is 15.9 Å². The maximum absolute atomic E-state index is 12.3. The van der Waals surface area contributed by atoms with Gasteiger partial charge in [-0.1, -0.05) is 0 Å². The normalized spacial score (nSPS) is 12.3. The van der Waals surface area contributed by atoms with Gasteiger partial charge in [0, 0.05) is 23.8 Å². The molecule has 168 valence electrons. The fraction of sp³-hybridized carbons (Fsp3) is 0.353. The maximum atomic E-state index is 12.3. The van der Waals surface area contributed by atoms with E-state index in [1.807, 2.05) is 0 Å². The Hall–Kier alpha value is -3.52. The van der Waals surface area contributed by atoms with Crippen molar-refractivity contribution in [1.29, 1.82) is 0 Å². The van der Waals surface area contributed by atoms with E-state index in [0.717, 1.165) is 17.8 Å². The molecule has 3 amide bonds. The van der Waals surface area contributed by atoms with Crippen LogP contribution >= 0.6 is 11.8 Å². The number of nitrogens with one attached hydrogen (secondary N) is 2. The van der Waals surface area contributed by atoms with E-state index in [1.54, 1.807) is 0 Å². The fourth-order valence-corrected chi connectivity index (χ4v) is 3.24. The second-order valence-electron chi connectivity index (χ2n) is 6.19. The summed E-state index contributed by atoms with van der Waals surface area (Å²) >= 11 is 0.840. The third-order valence-electron chi connectivity index (χ3n) is 3.79. The van der Waals surface area contributed by atoms with Crippen LogP contribution in [0.25, 0.3) is 0 Å². The molecular weight excluding hydrogens is 434 g/mol. The number of benzene rings is 1. The number of carbonyl (C=O) groups excluding carboxylic acids is 4. The van der Waals surface area contributed by atoms with Crippen LogP contribution in [0.15, 0.2) is 23.1 Å². The van der Waals surface area contributed by atoms with Gasteiger partial charge in [0.1, 0.15) is 18.9 Å². The molecule has 7 N–H and O–H groups in total. The van der Waals surface area contributed by atoms with Gasteiger partial charge in [-0.2, -0.15) is 0 Å². The lowest BCUT2D eigenvalue weighted by atomic mass is 10.1. The number of nitro groups is 1. The van der Waals surface area contributed by atoms with E-state index in [9.17, 15) is 34.1 Å². The van der Waals surface area contributed by atoms with Gasteiger partial charge < -0.3 is 32.0 Å². The van der Waals surface area contributed by atoms with E-state index in [4.69, 9.17) is 16.6 Å². The Labute approximate surface area is 180 Å². The van der Waals surface area contributed by atoms with E-state index in [2.05, 4.69) is 10.6 Å². The van der Waals surface area contributed by atoms with Crippen LogP contribution in [0.4, 0.5) is 5.69 Å². The SMILES string of the molecule is NC(=O)c1ccc(SCC(NC(=O)CCC(N)C=O)C(=O)NCC(=O)O)c([N+](=O)[O-])c1. The Balaban J connectivity index is 2.96. The zero-order valence-electron chi connectivity index (χ0n) is 16.1. The first-order valence-corrected chi connectivity index (χ1v) is 9.74. The van der Waals surface area contributed by atoms with Crippen LogP contribution in [0, 0.1) is 10.1 Å². The number of carboxylic acid groups (broad SMARTS) is 1. The van der Waals surface area contributed by atoms with Crippen molar-refractivity contribution in [3.63, 3.8) is 0 Å². The second-order valence-corrected chi connectivity index (χ2v) is 7.25. The van der Waals surface area contributed by atoms with Gasteiger partial charge in [0.15, 0.2) is 0 Å². The zero-order chi connectivity index (χ0) is 23.6. The van der Waals surface area contributed by atoms with Crippen LogP contribution in [0.5, 0.6) is 0 Å². The summed E-state index contributed by atoms with van der Waals surface area (Å²) in [4.78, 5) is 67.5. The van der Waals surface area contributed by atoms with Crippen LogP contribution in [0.1, 0.15) is 23.2 Å². The second kappa shape index (κ2) is 12.2. The molecule has 0 aromatic heterocycles. The molecule has 0 saturated heterocycles. The van der Waals surface area contributed by atoms with Crippen molar-refractivity contribution in [1.82, 2.24) is 10.6 Å². The summed E-state index contributed by atoms with van der Waals surface area (Å²) in [6.45, 7) is -0.695. The lowest BCUT2D eigenvalue weighted by Crippen LogP contribution is -2.49. The molecule has 0 radical (unpaired) electrons. The lowest BCUT2D eigenvalue weighted by Gasteiger charge is -2.18. The van der Waals surface area contributed by atoms with Gasteiger partial charge >= 0.3 is 5.97 Å². The maximum Gasteiger partial charge on any atom is 0.322 e. The van der Waals surface area contributed by atoms with Gasteiger partial charge in [-0.05, 0) is 18.6 Å². The molecule has 0 heterocycles. The summed E-state index contributed by atoms with van der Waals surface area (Å²) in [5, 5.41) is 24.5. The predicted molar refractivity (Wildman–Crippen MR) is 108 cm³/mol. The van der Waals surface area contributed by atoms with Crippen molar-refractivity contribution in [3.05, 3.63) is 33.9 Å². The third-order valence-corrected chi connectivity index (χ3v) is 4.95. The number of primary amides is 1. The Bertz CT molecular complexity index is 878. The molecule has 0 aliphatic rings. The molecule has 0 aliphatic carbocycles. The number of carbonyl (C=O) groups is 5. The Morgan fingerprint density at radius 2 is 1.97 bits per heavy atom. The molecule has 1 aromatic carbocycles. The summed E-state index contributed by atoms with van der Waals surface area (Å²) < 4.78 is 0. The minimum Gasteiger partial charge on any atom is -0.480 e. The fourth-order valence-electron chi connectivity index (χ4n) is 2.21. The molecule has 2 unspecified atom stereocenters. The molecule has 13 nitrogen and oxygen atoms in total. The molecule has 0 fully saturated rings. The molecule has 0 spiro atoms. The summed E-state index contributed by atoms with van der Waals surface area (Å²) in [5.74, 6) is -3.79. The monoisotopic (exact) mass is 455 g/mol. The Morgan fingerprint density at radius 3 is 2.52 bits per heavy atom. The molecule has 0 aliphatic heterocycles. The number of hydrogen-bond donors (Lipinski definition) is 5. The first-order chi connectivity index (χ1) is 14.5. The van der Waals surface area contributed by atoms with E-state index in [1.165, 1.54) is 12.1 Å². The van der Waals surface area contributed by atoms with Crippen molar-refractivity contribution in [2.24, 2.45) is 11.5 Å². The summed E-state index contributed by atoms with van der Waals surface area (Å²) in [5.41, 5.74) is 10.0. The van der Waals surface area contributed by atoms with E-state index in [-0.39, 0.29) is 29.1 Å².